The number of hydrogen-bond acceptors (Lipinski definition) is 1. The molecule has 0 amide bonds. The zero-order chi connectivity index (χ0) is 10.3. The molecule has 0 bridgehead atoms. The van der Waals surface area contributed by atoms with Gasteiger partial charge in [0.25, 0.3) is 0 Å². The zero-order valence-electron chi connectivity index (χ0n) is 7.49. The van der Waals surface area contributed by atoms with E-state index in [4.69, 9.17) is 17.3 Å². The second-order valence-corrected chi connectivity index (χ2v) is 4.14. The Morgan fingerprint density at radius 3 is 2.43 bits per heavy atom. The van der Waals surface area contributed by atoms with Crippen LogP contribution in [0, 0.1) is 11.6 Å². The van der Waals surface area contributed by atoms with Gasteiger partial charge in [0.15, 0.2) is 0 Å². The zero-order valence-corrected chi connectivity index (χ0v) is 8.24. The lowest BCUT2D eigenvalue weighted by atomic mass is 9.95. The Morgan fingerprint density at radius 1 is 1.29 bits per heavy atom. The molecule has 0 saturated heterocycles. The molecule has 0 aromatic heterocycles. The van der Waals surface area contributed by atoms with E-state index in [0.29, 0.717) is 12.1 Å². The second kappa shape index (κ2) is 3.17. The summed E-state index contributed by atoms with van der Waals surface area (Å²) in [4.78, 5) is 0. The number of nitrogens with two attached hydrogens (primary N) is 1. The molecule has 76 valence electrons. The Bertz CT molecular complexity index is 375. The predicted octanol–water partition coefficient (Wildman–Crippen LogP) is 2.61. The van der Waals surface area contributed by atoms with Crippen molar-refractivity contribution in [3.8, 4) is 0 Å². The van der Waals surface area contributed by atoms with E-state index < -0.39 is 11.6 Å². The lowest BCUT2D eigenvalue weighted by Gasteiger charge is -2.14. The molecular formula is C10H10ClF2N. The van der Waals surface area contributed by atoms with E-state index in [9.17, 15) is 8.78 Å². The highest BCUT2D eigenvalue weighted by molar-refractivity contribution is 6.30. The van der Waals surface area contributed by atoms with Crippen molar-refractivity contribution in [1.82, 2.24) is 0 Å². The lowest BCUT2D eigenvalue weighted by molar-refractivity contribution is 0.555. The quantitative estimate of drug-likeness (QED) is 0.758. The largest absolute Gasteiger partial charge is 0.330 e. The highest BCUT2D eigenvalue weighted by Crippen LogP contribution is 2.48. The maximum atomic E-state index is 13.4. The molecule has 0 unspecified atom stereocenters. The first-order valence-corrected chi connectivity index (χ1v) is 4.82. The minimum Gasteiger partial charge on any atom is -0.330 e. The van der Waals surface area contributed by atoms with Crippen LogP contribution in [0.5, 0.6) is 0 Å². The summed E-state index contributed by atoms with van der Waals surface area (Å²) in [5, 5.41) is -0.181. The van der Waals surface area contributed by atoms with Crippen molar-refractivity contribution in [2.75, 3.05) is 6.54 Å². The van der Waals surface area contributed by atoms with E-state index >= 15 is 0 Å². The fraction of sp³-hybridized carbons (Fsp3) is 0.400. The van der Waals surface area contributed by atoms with Gasteiger partial charge >= 0.3 is 0 Å². The summed E-state index contributed by atoms with van der Waals surface area (Å²) in [5.74, 6) is -1.04. The molecule has 1 aromatic carbocycles. The highest BCUT2D eigenvalue weighted by atomic mass is 35.5. The number of benzene rings is 1. The standard InChI is InChI=1S/C10H10ClF2N/c11-7-4-8(12)6(3-9(7)13)10(5-14)1-2-10/h3-4H,1-2,5,14H2. The van der Waals surface area contributed by atoms with Crippen LogP contribution < -0.4 is 5.73 Å². The van der Waals surface area contributed by atoms with E-state index in [0.717, 1.165) is 25.0 Å². The van der Waals surface area contributed by atoms with Crippen molar-refractivity contribution in [2.45, 2.75) is 18.3 Å². The van der Waals surface area contributed by atoms with E-state index in [-0.39, 0.29) is 10.4 Å². The first-order valence-electron chi connectivity index (χ1n) is 4.44. The fourth-order valence-corrected chi connectivity index (χ4v) is 1.81. The van der Waals surface area contributed by atoms with Gasteiger partial charge in [-0.2, -0.15) is 0 Å². The van der Waals surface area contributed by atoms with Crippen LogP contribution in [0.25, 0.3) is 0 Å². The number of hydrogen-bond donors (Lipinski definition) is 1. The molecule has 2 rings (SSSR count). The van der Waals surface area contributed by atoms with Crippen LogP contribution in [-0.4, -0.2) is 6.54 Å². The first-order chi connectivity index (χ1) is 6.59. The second-order valence-electron chi connectivity index (χ2n) is 3.73. The van der Waals surface area contributed by atoms with Crippen LogP contribution in [0.15, 0.2) is 12.1 Å². The molecular weight excluding hydrogens is 208 g/mol. The monoisotopic (exact) mass is 217 g/mol. The van der Waals surface area contributed by atoms with Crippen LogP contribution in [-0.2, 0) is 5.41 Å². The average molecular weight is 218 g/mol. The third-order valence-electron chi connectivity index (χ3n) is 2.83. The van der Waals surface area contributed by atoms with Crippen LogP contribution in [0.3, 0.4) is 0 Å². The third kappa shape index (κ3) is 1.41. The molecule has 1 fully saturated rings. The molecule has 0 aliphatic heterocycles. The molecule has 0 spiro atoms. The molecule has 4 heteroatoms. The SMILES string of the molecule is NCC1(c2cc(F)c(Cl)cc2F)CC1. The molecule has 2 N–H and O–H groups in total. The van der Waals surface area contributed by atoms with Crippen molar-refractivity contribution >= 4 is 11.6 Å². The average Bonchev–Trinajstić information content (AvgIpc) is 2.92. The molecule has 1 aliphatic carbocycles. The molecule has 14 heavy (non-hydrogen) atoms. The predicted molar refractivity (Wildman–Crippen MR) is 51.3 cm³/mol. The highest BCUT2D eigenvalue weighted by Gasteiger charge is 2.45. The van der Waals surface area contributed by atoms with Gasteiger partial charge in [0, 0.05) is 12.0 Å². The smallest absolute Gasteiger partial charge is 0.142 e. The van der Waals surface area contributed by atoms with Crippen LogP contribution in [0.1, 0.15) is 18.4 Å². The van der Waals surface area contributed by atoms with Gasteiger partial charge in [-0.3, -0.25) is 0 Å². The molecule has 1 aromatic rings. The van der Waals surface area contributed by atoms with Gasteiger partial charge in [-0.15, -0.1) is 0 Å². The minimum absolute atomic E-state index is 0.181. The van der Waals surface area contributed by atoms with Gasteiger partial charge in [0.1, 0.15) is 11.6 Å². The van der Waals surface area contributed by atoms with Gasteiger partial charge < -0.3 is 5.73 Å². The van der Waals surface area contributed by atoms with Crippen molar-refractivity contribution in [2.24, 2.45) is 5.73 Å². The summed E-state index contributed by atoms with van der Waals surface area (Å²) in [6.45, 7) is 0.352. The molecule has 0 atom stereocenters. The van der Waals surface area contributed by atoms with Crippen LogP contribution in [0.2, 0.25) is 5.02 Å². The normalized spacial score (nSPS) is 18.3. The summed E-state index contributed by atoms with van der Waals surface area (Å²) in [7, 11) is 0. The van der Waals surface area contributed by atoms with Crippen molar-refractivity contribution in [1.29, 1.82) is 0 Å². The Balaban J connectivity index is 2.49. The molecule has 0 heterocycles. The first kappa shape index (κ1) is 9.87. The van der Waals surface area contributed by atoms with Crippen LogP contribution >= 0.6 is 11.6 Å². The Kier molecular flexibility index (Phi) is 2.24. The van der Waals surface area contributed by atoms with E-state index in [1.54, 1.807) is 0 Å². The topological polar surface area (TPSA) is 26.0 Å². The summed E-state index contributed by atoms with van der Waals surface area (Å²) in [6, 6.07) is 2.18. The lowest BCUT2D eigenvalue weighted by Crippen LogP contribution is -2.21. The summed E-state index contributed by atoms with van der Waals surface area (Å²) in [6.07, 6.45) is 1.64. The fourth-order valence-electron chi connectivity index (χ4n) is 1.66. The van der Waals surface area contributed by atoms with E-state index in [1.807, 2.05) is 0 Å². The molecule has 1 aliphatic rings. The van der Waals surface area contributed by atoms with E-state index in [1.165, 1.54) is 0 Å². The Labute approximate surface area is 85.9 Å². The Hall–Kier alpha value is -0.670. The van der Waals surface area contributed by atoms with Gasteiger partial charge in [0.2, 0.25) is 0 Å². The molecule has 1 nitrogen and oxygen atoms in total. The summed E-state index contributed by atoms with van der Waals surface area (Å²) >= 11 is 5.45. The maximum Gasteiger partial charge on any atom is 0.142 e. The Morgan fingerprint density at radius 2 is 1.93 bits per heavy atom. The van der Waals surface area contributed by atoms with Crippen molar-refractivity contribution < 1.29 is 8.78 Å². The van der Waals surface area contributed by atoms with E-state index in [2.05, 4.69) is 0 Å². The number of halogens is 3. The van der Waals surface area contributed by atoms with Gasteiger partial charge in [0.05, 0.1) is 5.02 Å². The number of rotatable bonds is 2. The third-order valence-corrected chi connectivity index (χ3v) is 3.12. The van der Waals surface area contributed by atoms with Gasteiger partial charge in [-0.25, -0.2) is 8.78 Å². The molecule has 1 saturated carbocycles. The maximum absolute atomic E-state index is 13.4. The van der Waals surface area contributed by atoms with Crippen molar-refractivity contribution in [3.05, 3.63) is 34.4 Å². The summed E-state index contributed by atoms with van der Waals surface area (Å²) < 4.78 is 26.6. The minimum atomic E-state index is -0.581. The summed E-state index contributed by atoms with van der Waals surface area (Å²) in [5.41, 5.74) is 5.56. The van der Waals surface area contributed by atoms with Crippen molar-refractivity contribution in [3.63, 3.8) is 0 Å². The van der Waals surface area contributed by atoms with Gasteiger partial charge in [-0.1, -0.05) is 11.6 Å². The molecule has 0 radical (unpaired) electrons. The van der Waals surface area contributed by atoms with Crippen LogP contribution in [0.4, 0.5) is 8.78 Å². The van der Waals surface area contributed by atoms with Gasteiger partial charge in [-0.05, 0) is 30.5 Å².